The Morgan fingerprint density at radius 1 is 1.24 bits per heavy atom. The van der Waals surface area contributed by atoms with E-state index in [9.17, 15) is 4.79 Å². The molecule has 1 aromatic heterocycles. The number of hydrogen-bond acceptors (Lipinski definition) is 5. The number of halogens is 1. The summed E-state index contributed by atoms with van der Waals surface area (Å²) in [4.78, 5) is 25.5. The SMILES string of the molecule is CCNC(=NCc1cccnc1N1CCOCC1)NCCC(=O)N(CC)CC.I. The molecule has 0 radical (unpaired) electrons. The molecule has 2 rings (SSSR count). The molecule has 1 aromatic rings. The van der Waals surface area contributed by atoms with E-state index in [1.807, 2.05) is 37.9 Å². The van der Waals surface area contributed by atoms with Crippen molar-refractivity contribution in [3.63, 3.8) is 0 Å². The number of carbonyl (C=O) groups excluding carboxylic acids is 1. The molecule has 1 amide bonds. The predicted octanol–water partition coefficient (Wildman–Crippen LogP) is 1.85. The van der Waals surface area contributed by atoms with E-state index >= 15 is 0 Å². The molecule has 2 heterocycles. The first kappa shape index (κ1) is 25.4. The van der Waals surface area contributed by atoms with Gasteiger partial charge < -0.3 is 25.2 Å². The standard InChI is InChI=1S/C20H34N6O2.HI/c1-4-21-20(23-11-9-18(27)25(5-2)6-3)24-16-17-8-7-10-22-19(17)26-12-14-28-15-13-26;/h7-8,10H,4-6,9,11-16H2,1-3H3,(H2,21,23,24);1H. The highest BCUT2D eigenvalue weighted by Crippen LogP contribution is 2.19. The van der Waals surface area contributed by atoms with Crippen molar-refractivity contribution in [2.24, 2.45) is 4.99 Å². The van der Waals surface area contributed by atoms with Gasteiger partial charge in [0, 0.05) is 57.4 Å². The van der Waals surface area contributed by atoms with Gasteiger partial charge in [-0.3, -0.25) is 4.79 Å². The van der Waals surface area contributed by atoms with Crippen LogP contribution in [0.2, 0.25) is 0 Å². The lowest BCUT2D eigenvalue weighted by atomic mass is 10.2. The van der Waals surface area contributed by atoms with Crippen LogP contribution < -0.4 is 15.5 Å². The maximum atomic E-state index is 12.1. The molecule has 29 heavy (non-hydrogen) atoms. The number of pyridine rings is 1. The normalized spacial score (nSPS) is 14.2. The number of nitrogens with one attached hydrogen (secondary N) is 2. The first-order valence-electron chi connectivity index (χ1n) is 10.3. The van der Waals surface area contributed by atoms with E-state index in [2.05, 4.69) is 26.6 Å². The number of anilines is 1. The molecule has 164 valence electrons. The molecular formula is C20H35IN6O2. The van der Waals surface area contributed by atoms with Crippen LogP contribution in [0.25, 0.3) is 0 Å². The molecule has 0 aliphatic carbocycles. The summed E-state index contributed by atoms with van der Waals surface area (Å²) in [5.41, 5.74) is 1.08. The molecule has 0 spiro atoms. The average molecular weight is 518 g/mol. The number of aromatic nitrogens is 1. The molecule has 1 aliphatic rings. The molecule has 0 bridgehead atoms. The first-order chi connectivity index (χ1) is 13.7. The third-order valence-corrected chi connectivity index (χ3v) is 4.68. The molecule has 9 heteroatoms. The second kappa shape index (κ2) is 14.4. The van der Waals surface area contributed by atoms with Crippen molar-refractivity contribution in [1.82, 2.24) is 20.5 Å². The lowest BCUT2D eigenvalue weighted by Crippen LogP contribution is -2.40. The highest BCUT2D eigenvalue weighted by Gasteiger charge is 2.15. The number of guanidine groups is 1. The Kier molecular flexibility index (Phi) is 12.6. The van der Waals surface area contributed by atoms with E-state index in [1.165, 1.54) is 0 Å². The van der Waals surface area contributed by atoms with Crippen molar-refractivity contribution in [3.05, 3.63) is 23.9 Å². The van der Waals surface area contributed by atoms with E-state index < -0.39 is 0 Å². The zero-order valence-electron chi connectivity index (χ0n) is 17.8. The van der Waals surface area contributed by atoms with Crippen molar-refractivity contribution in [3.8, 4) is 0 Å². The Labute approximate surface area is 191 Å². The Bertz CT molecular complexity index is 633. The van der Waals surface area contributed by atoms with E-state index in [1.54, 1.807) is 0 Å². The van der Waals surface area contributed by atoms with E-state index in [4.69, 9.17) is 9.73 Å². The fourth-order valence-electron chi connectivity index (χ4n) is 3.14. The topological polar surface area (TPSA) is 82.1 Å². The fourth-order valence-corrected chi connectivity index (χ4v) is 3.14. The zero-order valence-corrected chi connectivity index (χ0v) is 20.1. The lowest BCUT2D eigenvalue weighted by Gasteiger charge is -2.29. The van der Waals surface area contributed by atoms with Gasteiger partial charge in [-0.05, 0) is 26.8 Å². The van der Waals surface area contributed by atoms with Crippen LogP contribution >= 0.6 is 24.0 Å². The molecule has 0 saturated carbocycles. The van der Waals surface area contributed by atoms with Gasteiger partial charge in [0.05, 0.1) is 19.8 Å². The van der Waals surface area contributed by atoms with E-state index in [0.29, 0.717) is 25.5 Å². The van der Waals surface area contributed by atoms with Crippen LogP contribution in [0.1, 0.15) is 32.8 Å². The second-order valence-electron chi connectivity index (χ2n) is 6.52. The van der Waals surface area contributed by atoms with Crippen LogP contribution in [0.15, 0.2) is 23.3 Å². The molecule has 0 atom stereocenters. The molecule has 1 fully saturated rings. The number of ether oxygens (including phenoxy) is 1. The Morgan fingerprint density at radius 3 is 2.62 bits per heavy atom. The van der Waals surface area contributed by atoms with Crippen molar-refractivity contribution in [2.45, 2.75) is 33.7 Å². The van der Waals surface area contributed by atoms with Crippen molar-refractivity contribution >= 4 is 41.7 Å². The van der Waals surface area contributed by atoms with Gasteiger partial charge >= 0.3 is 0 Å². The number of hydrogen-bond donors (Lipinski definition) is 2. The van der Waals surface area contributed by atoms with Crippen molar-refractivity contribution in [2.75, 3.05) is 57.4 Å². The van der Waals surface area contributed by atoms with Crippen molar-refractivity contribution < 1.29 is 9.53 Å². The summed E-state index contributed by atoms with van der Waals surface area (Å²) in [6, 6.07) is 4.01. The minimum absolute atomic E-state index is 0. The van der Waals surface area contributed by atoms with Crippen LogP contribution in [0.4, 0.5) is 5.82 Å². The average Bonchev–Trinajstić information content (AvgIpc) is 2.74. The van der Waals surface area contributed by atoms with Gasteiger partial charge in [0.15, 0.2) is 5.96 Å². The summed E-state index contributed by atoms with van der Waals surface area (Å²) in [5.74, 6) is 1.85. The van der Waals surface area contributed by atoms with Crippen LogP contribution in [-0.2, 0) is 16.1 Å². The Balaban J connectivity index is 0.00000420. The molecule has 0 aromatic carbocycles. The number of carbonyl (C=O) groups is 1. The largest absolute Gasteiger partial charge is 0.378 e. The Hall–Kier alpha value is -1.62. The van der Waals surface area contributed by atoms with E-state index in [-0.39, 0.29) is 29.9 Å². The summed E-state index contributed by atoms with van der Waals surface area (Å²) >= 11 is 0. The molecule has 0 unspecified atom stereocenters. The van der Waals surface area contributed by atoms with Crippen LogP contribution in [-0.4, -0.2) is 74.2 Å². The quantitative estimate of drug-likeness (QED) is 0.295. The highest BCUT2D eigenvalue weighted by atomic mass is 127. The number of nitrogens with zero attached hydrogens (tertiary/aromatic N) is 4. The molecular weight excluding hydrogens is 483 g/mol. The first-order valence-corrected chi connectivity index (χ1v) is 10.3. The smallest absolute Gasteiger partial charge is 0.224 e. The lowest BCUT2D eigenvalue weighted by molar-refractivity contribution is -0.130. The third-order valence-electron chi connectivity index (χ3n) is 4.68. The van der Waals surface area contributed by atoms with E-state index in [0.717, 1.165) is 57.3 Å². The summed E-state index contributed by atoms with van der Waals surface area (Å²) in [7, 11) is 0. The minimum atomic E-state index is 0. The van der Waals surface area contributed by atoms with Crippen LogP contribution in [0.5, 0.6) is 0 Å². The van der Waals surface area contributed by atoms with Gasteiger partial charge in [-0.2, -0.15) is 0 Å². The minimum Gasteiger partial charge on any atom is -0.378 e. The highest BCUT2D eigenvalue weighted by molar-refractivity contribution is 14.0. The molecule has 1 saturated heterocycles. The fraction of sp³-hybridized carbons (Fsp3) is 0.650. The number of rotatable bonds is 9. The number of aliphatic imine (C=N–C) groups is 1. The monoisotopic (exact) mass is 518 g/mol. The van der Waals surface area contributed by atoms with Crippen LogP contribution in [0.3, 0.4) is 0 Å². The van der Waals surface area contributed by atoms with Crippen LogP contribution in [0, 0.1) is 0 Å². The predicted molar refractivity (Wildman–Crippen MR) is 128 cm³/mol. The van der Waals surface area contributed by atoms with Gasteiger partial charge in [-0.25, -0.2) is 9.98 Å². The second-order valence-corrected chi connectivity index (χ2v) is 6.52. The summed E-state index contributed by atoms with van der Waals surface area (Å²) in [5, 5.41) is 6.50. The van der Waals surface area contributed by atoms with Gasteiger partial charge in [0.25, 0.3) is 0 Å². The van der Waals surface area contributed by atoms with Gasteiger partial charge in [0.1, 0.15) is 5.82 Å². The van der Waals surface area contributed by atoms with Gasteiger partial charge in [-0.15, -0.1) is 24.0 Å². The van der Waals surface area contributed by atoms with Gasteiger partial charge in [0.2, 0.25) is 5.91 Å². The van der Waals surface area contributed by atoms with Gasteiger partial charge in [-0.1, -0.05) is 6.07 Å². The summed E-state index contributed by atoms with van der Waals surface area (Å²) < 4.78 is 5.44. The summed E-state index contributed by atoms with van der Waals surface area (Å²) in [6.07, 6.45) is 2.28. The molecule has 2 N–H and O–H groups in total. The number of morpholine rings is 1. The maximum absolute atomic E-state index is 12.1. The number of amides is 1. The zero-order chi connectivity index (χ0) is 20.2. The summed E-state index contributed by atoms with van der Waals surface area (Å²) in [6.45, 7) is 12.5. The maximum Gasteiger partial charge on any atom is 0.224 e. The third kappa shape index (κ3) is 8.33. The Morgan fingerprint density at radius 2 is 1.97 bits per heavy atom. The van der Waals surface area contributed by atoms with Crippen molar-refractivity contribution in [1.29, 1.82) is 0 Å². The molecule has 1 aliphatic heterocycles. The molecule has 8 nitrogen and oxygen atoms in total.